The Morgan fingerprint density at radius 3 is 2.25 bits per heavy atom. The molecule has 1 N–H and O–H groups in total. The molecule has 3 rings (SSSR count). The van der Waals surface area contributed by atoms with Gasteiger partial charge in [0.2, 0.25) is 6.79 Å². The van der Waals surface area contributed by atoms with Crippen LogP contribution in [0.25, 0.3) is 0 Å². The van der Waals surface area contributed by atoms with Gasteiger partial charge in [0.1, 0.15) is 5.75 Å². The van der Waals surface area contributed by atoms with E-state index in [1.807, 2.05) is 12.1 Å². The zero-order valence-electron chi connectivity index (χ0n) is 15.9. The number of hydrogen-bond acceptors (Lipinski definition) is 5. The van der Waals surface area contributed by atoms with Gasteiger partial charge in [0.25, 0.3) is 10.0 Å². The molecule has 2 aromatic carbocycles. The van der Waals surface area contributed by atoms with Crippen LogP contribution in [0.2, 0.25) is 0 Å². The molecule has 0 bridgehead atoms. The van der Waals surface area contributed by atoms with E-state index in [-0.39, 0.29) is 11.7 Å². The second-order valence-electron chi connectivity index (χ2n) is 6.93. The number of anilines is 1. The number of sulfonamides is 1. The average Bonchev–Trinajstić information content (AvgIpc) is 2.70. The highest BCUT2D eigenvalue weighted by molar-refractivity contribution is 7.92. The van der Waals surface area contributed by atoms with Gasteiger partial charge in [-0.15, -0.1) is 0 Å². The predicted octanol–water partition coefficient (Wildman–Crippen LogP) is 4.43. The molecule has 0 aromatic heterocycles. The van der Waals surface area contributed by atoms with Gasteiger partial charge in [-0.05, 0) is 60.7 Å². The summed E-state index contributed by atoms with van der Waals surface area (Å²) >= 11 is 0. The van der Waals surface area contributed by atoms with Crippen LogP contribution < -0.4 is 9.46 Å². The van der Waals surface area contributed by atoms with E-state index in [0.29, 0.717) is 17.4 Å². The zero-order chi connectivity index (χ0) is 20.0. The van der Waals surface area contributed by atoms with Crippen LogP contribution in [0.4, 0.5) is 5.69 Å². The van der Waals surface area contributed by atoms with Crippen molar-refractivity contribution in [2.24, 2.45) is 0 Å². The number of esters is 1. The van der Waals surface area contributed by atoms with E-state index in [9.17, 15) is 13.2 Å². The van der Waals surface area contributed by atoms with E-state index in [1.165, 1.54) is 44.6 Å². The maximum atomic E-state index is 12.6. The highest BCUT2D eigenvalue weighted by Gasteiger charge is 2.18. The van der Waals surface area contributed by atoms with E-state index in [4.69, 9.17) is 9.47 Å². The van der Waals surface area contributed by atoms with E-state index >= 15 is 0 Å². The van der Waals surface area contributed by atoms with Gasteiger partial charge in [-0.25, -0.2) is 8.42 Å². The van der Waals surface area contributed by atoms with Crippen LogP contribution in [0.15, 0.2) is 53.4 Å². The number of benzene rings is 2. The molecule has 1 aliphatic carbocycles. The van der Waals surface area contributed by atoms with E-state index in [0.717, 1.165) is 0 Å². The molecule has 1 saturated carbocycles. The van der Waals surface area contributed by atoms with Gasteiger partial charge in [-0.1, -0.05) is 31.4 Å². The SMILES string of the molecule is CC(=O)OCOc1ccc(NS(=O)(=O)c2ccc(C3CCCCC3)cc2)cc1. The molecular formula is C21H25NO5S. The molecule has 1 fully saturated rings. The van der Waals surface area contributed by atoms with Crippen molar-refractivity contribution in [2.45, 2.75) is 49.8 Å². The van der Waals surface area contributed by atoms with Crippen molar-refractivity contribution in [3.8, 4) is 5.75 Å². The topological polar surface area (TPSA) is 81.7 Å². The molecule has 28 heavy (non-hydrogen) atoms. The van der Waals surface area contributed by atoms with E-state index in [1.54, 1.807) is 36.4 Å². The maximum Gasteiger partial charge on any atom is 0.305 e. The van der Waals surface area contributed by atoms with Gasteiger partial charge in [0.15, 0.2) is 0 Å². The summed E-state index contributed by atoms with van der Waals surface area (Å²) in [6, 6.07) is 13.6. The number of carbonyl (C=O) groups excluding carboxylic acids is 1. The number of ether oxygens (including phenoxy) is 2. The minimum absolute atomic E-state index is 0.187. The Kier molecular flexibility index (Phi) is 6.57. The van der Waals surface area contributed by atoms with Crippen molar-refractivity contribution in [3.05, 3.63) is 54.1 Å². The summed E-state index contributed by atoms with van der Waals surface area (Å²) in [7, 11) is -3.66. The molecule has 2 aromatic rings. The largest absolute Gasteiger partial charge is 0.457 e. The van der Waals surface area contributed by atoms with Crippen molar-refractivity contribution in [3.63, 3.8) is 0 Å². The first kappa shape index (κ1) is 20.2. The molecule has 1 aliphatic rings. The van der Waals surface area contributed by atoms with Crippen LogP contribution in [0.1, 0.15) is 50.5 Å². The Bertz CT molecular complexity index is 885. The van der Waals surface area contributed by atoms with E-state index < -0.39 is 16.0 Å². The second kappa shape index (κ2) is 9.10. The Morgan fingerprint density at radius 2 is 1.64 bits per heavy atom. The summed E-state index contributed by atoms with van der Waals surface area (Å²) in [6.45, 7) is 1.11. The van der Waals surface area contributed by atoms with Gasteiger partial charge >= 0.3 is 5.97 Å². The van der Waals surface area contributed by atoms with Crippen molar-refractivity contribution in [2.75, 3.05) is 11.5 Å². The first-order valence-corrected chi connectivity index (χ1v) is 10.9. The first-order chi connectivity index (χ1) is 13.4. The third kappa shape index (κ3) is 5.48. The summed E-state index contributed by atoms with van der Waals surface area (Å²) in [4.78, 5) is 10.9. The second-order valence-corrected chi connectivity index (χ2v) is 8.61. The van der Waals surface area contributed by atoms with Gasteiger partial charge < -0.3 is 9.47 Å². The van der Waals surface area contributed by atoms with Crippen molar-refractivity contribution in [1.82, 2.24) is 0 Å². The maximum absolute atomic E-state index is 12.6. The smallest absolute Gasteiger partial charge is 0.305 e. The predicted molar refractivity (Wildman–Crippen MR) is 107 cm³/mol. The highest BCUT2D eigenvalue weighted by Crippen LogP contribution is 2.33. The molecule has 0 radical (unpaired) electrons. The average molecular weight is 404 g/mol. The monoisotopic (exact) mass is 403 g/mol. The summed E-state index contributed by atoms with van der Waals surface area (Å²) in [6.07, 6.45) is 6.13. The number of nitrogens with one attached hydrogen (secondary N) is 1. The number of hydrogen-bond donors (Lipinski definition) is 1. The molecule has 150 valence electrons. The minimum Gasteiger partial charge on any atom is -0.457 e. The zero-order valence-corrected chi connectivity index (χ0v) is 16.7. The molecule has 0 amide bonds. The summed E-state index contributed by atoms with van der Waals surface area (Å²) in [5, 5.41) is 0. The molecule has 0 heterocycles. The van der Waals surface area contributed by atoms with Crippen LogP contribution in [-0.4, -0.2) is 21.2 Å². The quantitative estimate of drug-likeness (QED) is 0.546. The Morgan fingerprint density at radius 1 is 1.00 bits per heavy atom. The number of rotatable bonds is 7. The molecule has 6 nitrogen and oxygen atoms in total. The summed E-state index contributed by atoms with van der Waals surface area (Å²) in [5.74, 6) is 0.581. The third-order valence-corrected chi connectivity index (χ3v) is 6.26. The first-order valence-electron chi connectivity index (χ1n) is 9.43. The molecule has 0 atom stereocenters. The Labute approximate surface area is 165 Å². The van der Waals surface area contributed by atoms with Crippen molar-refractivity contribution in [1.29, 1.82) is 0 Å². The fourth-order valence-corrected chi connectivity index (χ4v) is 4.43. The standard InChI is InChI=1S/C21H25NO5S/c1-16(23)26-15-27-20-11-9-19(10-12-20)22-28(24,25)21-13-7-18(8-14-21)17-5-3-2-4-6-17/h7-14,17,22H,2-6,15H2,1H3. The lowest BCUT2D eigenvalue weighted by Gasteiger charge is -2.22. The van der Waals surface area contributed by atoms with Gasteiger partial charge in [0, 0.05) is 12.6 Å². The lowest BCUT2D eigenvalue weighted by Crippen LogP contribution is -2.13. The van der Waals surface area contributed by atoms with Crippen LogP contribution in [-0.2, 0) is 19.6 Å². The molecule has 7 heteroatoms. The Hall–Kier alpha value is -2.54. The van der Waals surface area contributed by atoms with Crippen LogP contribution in [0, 0.1) is 0 Å². The van der Waals surface area contributed by atoms with E-state index in [2.05, 4.69) is 4.72 Å². The molecule has 0 unspecified atom stereocenters. The summed E-state index contributed by atoms with van der Waals surface area (Å²) < 4.78 is 37.7. The van der Waals surface area contributed by atoms with Crippen molar-refractivity contribution >= 4 is 21.7 Å². The lowest BCUT2D eigenvalue weighted by atomic mass is 9.84. The minimum atomic E-state index is -3.66. The molecular weight excluding hydrogens is 378 g/mol. The van der Waals surface area contributed by atoms with Gasteiger partial charge in [-0.3, -0.25) is 9.52 Å². The highest BCUT2D eigenvalue weighted by atomic mass is 32.2. The molecule has 0 spiro atoms. The fraction of sp³-hybridized carbons (Fsp3) is 0.381. The third-order valence-electron chi connectivity index (χ3n) is 4.86. The lowest BCUT2D eigenvalue weighted by molar-refractivity contribution is -0.147. The van der Waals surface area contributed by atoms with Gasteiger partial charge in [0.05, 0.1) is 4.90 Å². The summed E-state index contributed by atoms with van der Waals surface area (Å²) in [5.41, 5.74) is 1.64. The number of carbonyl (C=O) groups is 1. The van der Waals surface area contributed by atoms with Crippen LogP contribution >= 0.6 is 0 Å². The van der Waals surface area contributed by atoms with Crippen LogP contribution in [0.3, 0.4) is 0 Å². The fourth-order valence-electron chi connectivity index (χ4n) is 3.37. The van der Waals surface area contributed by atoms with Gasteiger partial charge in [-0.2, -0.15) is 0 Å². The van der Waals surface area contributed by atoms with Crippen LogP contribution in [0.5, 0.6) is 5.75 Å². The van der Waals surface area contributed by atoms with Crippen molar-refractivity contribution < 1.29 is 22.7 Å². The molecule has 0 aliphatic heterocycles. The Balaban J connectivity index is 1.62. The normalized spacial score (nSPS) is 15.0. The molecule has 0 saturated heterocycles.